The molecule has 1 N–H and O–H groups in total. The van der Waals surface area contributed by atoms with Gasteiger partial charge in [-0.25, -0.2) is 0 Å². The lowest BCUT2D eigenvalue weighted by atomic mass is 10.1. The van der Waals surface area contributed by atoms with Gasteiger partial charge in [0, 0.05) is 35.9 Å². The van der Waals surface area contributed by atoms with Gasteiger partial charge in [0.1, 0.15) is 0 Å². The Morgan fingerprint density at radius 3 is 2.62 bits per heavy atom. The summed E-state index contributed by atoms with van der Waals surface area (Å²) in [5.41, 5.74) is 4.69. The smallest absolute Gasteiger partial charge is 0.231 e. The number of benzene rings is 1. The summed E-state index contributed by atoms with van der Waals surface area (Å²) < 4.78 is 13.7. The first kappa shape index (κ1) is 14.4. The summed E-state index contributed by atoms with van der Waals surface area (Å²) in [6, 6.07) is 3.97. The molecule has 2 aromatic rings. The molecule has 112 valence electrons. The van der Waals surface area contributed by atoms with E-state index in [0.29, 0.717) is 6.79 Å². The van der Waals surface area contributed by atoms with E-state index in [-0.39, 0.29) is 0 Å². The standard InChI is InChI=1S/C15H18BrN3O2/c1-9-12(10(2)19(3)18-9)7-17-6-11-4-14-15(5-13(11)16)21-8-20-14/h4-5,17H,6-8H2,1-3H3. The normalized spacial score (nSPS) is 13.0. The number of hydrogen-bond donors (Lipinski definition) is 1. The number of aryl methyl sites for hydroxylation is 2. The third-order valence-electron chi connectivity index (χ3n) is 3.82. The minimum Gasteiger partial charge on any atom is -0.454 e. The zero-order valence-corrected chi connectivity index (χ0v) is 14.0. The van der Waals surface area contributed by atoms with Crippen molar-refractivity contribution in [1.82, 2.24) is 15.1 Å². The second-order valence-corrected chi connectivity index (χ2v) is 6.03. The molecule has 0 fully saturated rings. The lowest BCUT2D eigenvalue weighted by molar-refractivity contribution is 0.174. The van der Waals surface area contributed by atoms with Crippen molar-refractivity contribution in [3.8, 4) is 11.5 Å². The molecule has 0 saturated carbocycles. The van der Waals surface area contributed by atoms with Crippen LogP contribution in [-0.2, 0) is 20.1 Å². The fourth-order valence-corrected chi connectivity index (χ4v) is 2.95. The zero-order valence-electron chi connectivity index (χ0n) is 12.4. The summed E-state index contributed by atoms with van der Waals surface area (Å²) >= 11 is 3.58. The van der Waals surface area contributed by atoms with Crippen molar-refractivity contribution in [3.63, 3.8) is 0 Å². The highest BCUT2D eigenvalue weighted by molar-refractivity contribution is 9.10. The van der Waals surface area contributed by atoms with Crippen molar-refractivity contribution in [2.24, 2.45) is 7.05 Å². The number of nitrogens with zero attached hydrogens (tertiary/aromatic N) is 2. The van der Waals surface area contributed by atoms with E-state index in [4.69, 9.17) is 9.47 Å². The first-order valence-electron chi connectivity index (χ1n) is 6.84. The second kappa shape index (κ2) is 5.69. The molecule has 21 heavy (non-hydrogen) atoms. The Kier molecular flexibility index (Phi) is 3.91. The molecule has 5 nitrogen and oxygen atoms in total. The maximum atomic E-state index is 5.42. The first-order valence-corrected chi connectivity index (χ1v) is 7.63. The van der Waals surface area contributed by atoms with Gasteiger partial charge in [0.25, 0.3) is 0 Å². The monoisotopic (exact) mass is 351 g/mol. The van der Waals surface area contributed by atoms with Crippen LogP contribution < -0.4 is 14.8 Å². The molecule has 1 aromatic heterocycles. The SMILES string of the molecule is Cc1nn(C)c(C)c1CNCc1cc2c(cc1Br)OCO2. The molecule has 0 amide bonds. The Morgan fingerprint density at radius 2 is 1.95 bits per heavy atom. The van der Waals surface area contributed by atoms with Crippen LogP contribution >= 0.6 is 15.9 Å². The largest absolute Gasteiger partial charge is 0.454 e. The average molecular weight is 352 g/mol. The van der Waals surface area contributed by atoms with Gasteiger partial charge in [-0.3, -0.25) is 4.68 Å². The maximum absolute atomic E-state index is 5.42. The van der Waals surface area contributed by atoms with E-state index < -0.39 is 0 Å². The Labute approximate surface area is 132 Å². The fourth-order valence-electron chi connectivity index (χ4n) is 2.49. The minimum atomic E-state index is 0.298. The highest BCUT2D eigenvalue weighted by atomic mass is 79.9. The molecule has 3 rings (SSSR count). The predicted molar refractivity (Wildman–Crippen MR) is 83.5 cm³/mol. The molecule has 0 aliphatic carbocycles. The third kappa shape index (κ3) is 2.78. The number of halogens is 1. The molecular formula is C15H18BrN3O2. The van der Waals surface area contributed by atoms with Gasteiger partial charge in [0.2, 0.25) is 6.79 Å². The molecule has 0 saturated heterocycles. The van der Waals surface area contributed by atoms with E-state index in [1.54, 1.807) is 0 Å². The van der Waals surface area contributed by atoms with Gasteiger partial charge in [-0.15, -0.1) is 0 Å². The molecule has 1 aliphatic heterocycles. The van der Waals surface area contributed by atoms with Crippen LogP contribution in [-0.4, -0.2) is 16.6 Å². The van der Waals surface area contributed by atoms with Crippen LogP contribution in [0.3, 0.4) is 0 Å². The van der Waals surface area contributed by atoms with Crippen LogP contribution in [0, 0.1) is 13.8 Å². The van der Waals surface area contributed by atoms with Crippen molar-refractivity contribution < 1.29 is 9.47 Å². The molecule has 0 radical (unpaired) electrons. The Morgan fingerprint density at radius 1 is 1.24 bits per heavy atom. The topological polar surface area (TPSA) is 48.3 Å². The zero-order chi connectivity index (χ0) is 15.0. The number of nitrogens with one attached hydrogen (secondary N) is 1. The lowest BCUT2D eigenvalue weighted by Crippen LogP contribution is -2.14. The van der Waals surface area contributed by atoms with Gasteiger partial charge < -0.3 is 14.8 Å². The van der Waals surface area contributed by atoms with Crippen LogP contribution in [0.4, 0.5) is 0 Å². The van der Waals surface area contributed by atoms with E-state index >= 15 is 0 Å². The van der Waals surface area contributed by atoms with E-state index in [9.17, 15) is 0 Å². The number of hydrogen-bond acceptors (Lipinski definition) is 4. The molecule has 6 heteroatoms. The molecule has 0 atom stereocenters. The molecular weight excluding hydrogens is 334 g/mol. The number of rotatable bonds is 4. The second-order valence-electron chi connectivity index (χ2n) is 5.17. The van der Waals surface area contributed by atoms with Gasteiger partial charge in [-0.1, -0.05) is 15.9 Å². The van der Waals surface area contributed by atoms with Crippen LogP contribution in [0.25, 0.3) is 0 Å². The first-order chi connectivity index (χ1) is 10.1. The van der Waals surface area contributed by atoms with Gasteiger partial charge in [0.05, 0.1) is 5.69 Å². The van der Waals surface area contributed by atoms with Crippen LogP contribution in [0.15, 0.2) is 16.6 Å². The minimum absolute atomic E-state index is 0.298. The molecule has 0 spiro atoms. The van der Waals surface area contributed by atoms with E-state index in [1.807, 2.05) is 30.8 Å². The van der Waals surface area contributed by atoms with Crippen molar-refractivity contribution in [2.75, 3.05) is 6.79 Å². The molecule has 0 unspecified atom stereocenters. The summed E-state index contributed by atoms with van der Waals surface area (Å²) in [6.45, 7) is 5.98. The van der Waals surface area contributed by atoms with E-state index in [0.717, 1.165) is 40.3 Å². The quantitative estimate of drug-likeness (QED) is 0.919. The molecule has 1 aliphatic rings. The van der Waals surface area contributed by atoms with Crippen LogP contribution in [0.1, 0.15) is 22.5 Å². The summed E-state index contributed by atoms with van der Waals surface area (Å²) in [7, 11) is 1.97. The molecule has 2 heterocycles. The van der Waals surface area contributed by atoms with Crippen LogP contribution in [0.2, 0.25) is 0 Å². The highest BCUT2D eigenvalue weighted by Gasteiger charge is 2.16. The van der Waals surface area contributed by atoms with Gasteiger partial charge in [-0.05, 0) is 31.5 Å². The Hall–Kier alpha value is -1.53. The van der Waals surface area contributed by atoms with Gasteiger partial charge in [-0.2, -0.15) is 5.10 Å². The fraction of sp³-hybridized carbons (Fsp3) is 0.400. The van der Waals surface area contributed by atoms with Gasteiger partial charge in [0.15, 0.2) is 11.5 Å². The number of fused-ring (bicyclic) bond motifs is 1. The highest BCUT2D eigenvalue weighted by Crippen LogP contribution is 2.36. The lowest BCUT2D eigenvalue weighted by Gasteiger charge is -2.09. The average Bonchev–Trinajstić information content (AvgIpc) is 2.98. The van der Waals surface area contributed by atoms with Gasteiger partial charge >= 0.3 is 0 Å². The molecule has 0 bridgehead atoms. The Balaban J connectivity index is 1.68. The maximum Gasteiger partial charge on any atom is 0.231 e. The summed E-state index contributed by atoms with van der Waals surface area (Å²) in [5, 5.41) is 7.90. The van der Waals surface area contributed by atoms with Crippen molar-refractivity contribution in [2.45, 2.75) is 26.9 Å². The van der Waals surface area contributed by atoms with Crippen molar-refractivity contribution in [3.05, 3.63) is 39.1 Å². The summed E-state index contributed by atoms with van der Waals surface area (Å²) in [4.78, 5) is 0. The molecule has 1 aromatic carbocycles. The van der Waals surface area contributed by atoms with Crippen LogP contribution in [0.5, 0.6) is 11.5 Å². The van der Waals surface area contributed by atoms with Crippen molar-refractivity contribution >= 4 is 15.9 Å². The Bertz CT molecular complexity index is 682. The third-order valence-corrected chi connectivity index (χ3v) is 4.56. The van der Waals surface area contributed by atoms with E-state index in [1.165, 1.54) is 11.3 Å². The summed E-state index contributed by atoms with van der Waals surface area (Å²) in [6.07, 6.45) is 0. The summed E-state index contributed by atoms with van der Waals surface area (Å²) in [5.74, 6) is 1.60. The van der Waals surface area contributed by atoms with E-state index in [2.05, 4.69) is 33.3 Å². The van der Waals surface area contributed by atoms with Crippen molar-refractivity contribution in [1.29, 1.82) is 0 Å². The predicted octanol–water partition coefficient (Wildman–Crippen LogP) is 2.82. The number of aromatic nitrogens is 2. The number of ether oxygens (including phenoxy) is 2.